The van der Waals surface area contributed by atoms with Gasteiger partial charge in [0.25, 0.3) is 0 Å². The van der Waals surface area contributed by atoms with Crippen molar-refractivity contribution in [2.75, 3.05) is 0 Å². The van der Waals surface area contributed by atoms with Crippen LogP contribution in [0.15, 0.2) is 0 Å². The summed E-state index contributed by atoms with van der Waals surface area (Å²) in [5.41, 5.74) is 0. The summed E-state index contributed by atoms with van der Waals surface area (Å²) in [5.74, 6) is -1.16. The molecular formula is C29H56O4. The van der Waals surface area contributed by atoms with E-state index >= 15 is 0 Å². The van der Waals surface area contributed by atoms with Crippen LogP contribution in [0.3, 0.4) is 0 Å². The van der Waals surface area contributed by atoms with Crippen LogP contribution in [0.1, 0.15) is 168 Å². The average molecular weight is 469 g/mol. The third kappa shape index (κ3) is 25.4. The van der Waals surface area contributed by atoms with E-state index in [1.54, 1.807) is 0 Å². The predicted molar refractivity (Wildman–Crippen MR) is 140 cm³/mol. The third-order valence-electron chi connectivity index (χ3n) is 6.64. The maximum Gasteiger partial charge on any atom is 0.307 e. The molecule has 0 aliphatic heterocycles. The number of aliphatic carboxylic acids is 1. The minimum atomic E-state index is -0.913. The maximum absolute atomic E-state index is 11.8. The monoisotopic (exact) mass is 468 g/mol. The summed E-state index contributed by atoms with van der Waals surface area (Å²) in [4.78, 5) is 22.5. The number of carboxylic acids is 1. The van der Waals surface area contributed by atoms with E-state index in [0.29, 0.717) is 12.8 Å². The van der Waals surface area contributed by atoms with Gasteiger partial charge in [0, 0.05) is 6.42 Å². The van der Waals surface area contributed by atoms with Gasteiger partial charge in [-0.05, 0) is 12.8 Å². The Balaban J connectivity index is 3.22. The average Bonchev–Trinajstić information content (AvgIpc) is 2.79. The zero-order valence-electron chi connectivity index (χ0n) is 22.2. The number of rotatable bonds is 26. The molecule has 4 heteroatoms. The molecule has 196 valence electrons. The molecule has 0 bridgehead atoms. The van der Waals surface area contributed by atoms with Crippen LogP contribution >= 0.6 is 0 Å². The summed E-state index contributed by atoms with van der Waals surface area (Å²) in [6.07, 6.45) is 28.7. The first-order valence-electron chi connectivity index (χ1n) is 14.5. The number of unbranched alkanes of at least 4 members (excludes halogenated alkanes) is 20. The van der Waals surface area contributed by atoms with E-state index in [0.717, 1.165) is 12.8 Å². The van der Waals surface area contributed by atoms with Crippen molar-refractivity contribution in [3.8, 4) is 0 Å². The van der Waals surface area contributed by atoms with Crippen molar-refractivity contribution in [2.24, 2.45) is 0 Å². The molecule has 4 nitrogen and oxygen atoms in total. The summed E-state index contributed by atoms with van der Waals surface area (Å²) >= 11 is 0. The Hall–Kier alpha value is -1.06. The largest absolute Gasteiger partial charge is 0.481 e. The molecule has 0 heterocycles. The second-order valence-corrected chi connectivity index (χ2v) is 9.94. The minimum absolute atomic E-state index is 0.0957. The van der Waals surface area contributed by atoms with E-state index in [2.05, 4.69) is 6.92 Å². The van der Waals surface area contributed by atoms with Crippen LogP contribution in [0, 0.1) is 0 Å². The molecule has 1 N–H and O–H groups in total. The molecule has 0 saturated carbocycles. The molecule has 0 fully saturated rings. The number of hydrogen-bond donors (Lipinski definition) is 1. The molecule has 0 radical (unpaired) electrons. The first kappa shape index (κ1) is 31.9. The van der Waals surface area contributed by atoms with Gasteiger partial charge in [-0.25, -0.2) is 0 Å². The molecule has 0 aliphatic rings. The molecule has 0 aromatic carbocycles. The van der Waals surface area contributed by atoms with Crippen molar-refractivity contribution in [1.82, 2.24) is 0 Å². The Morgan fingerprint density at radius 3 is 1.21 bits per heavy atom. The highest BCUT2D eigenvalue weighted by Crippen LogP contribution is 2.15. The first-order valence-corrected chi connectivity index (χ1v) is 14.5. The van der Waals surface area contributed by atoms with E-state index in [9.17, 15) is 9.59 Å². The number of hydrogen-bond acceptors (Lipinski definition) is 3. The Labute approximate surface area is 205 Å². The van der Waals surface area contributed by atoms with Gasteiger partial charge in [-0.15, -0.1) is 0 Å². The summed E-state index contributed by atoms with van der Waals surface area (Å²) in [5, 5.41) is 8.79. The number of ether oxygens (including phenoxy) is 1. The highest BCUT2D eigenvalue weighted by Gasteiger charge is 2.15. The van der Waals surface area contributed by atoms with Gasteiger partial charge in [-0.1, -0.05) is 142 Å². The molecule has 0 spiro atoms. The van der Waals surface area contributed by atoms with Crippen LogP contribution in [-0.2, 0) is 14.3 Å². The lowest BCUT2D eigenvalue weighted by Gasteiger charge is -2.13. The van der Waals surface area contributed by atoms with Crippen molar-refractivity contribution < 1.29 is 19.4 Å². The van der Waals surface area contributed by atoms with Crippen molar-refractivity contribution in [3.05, 3.63) is 0 Å². The predicted octanol–water partition coefficient (Wildman–Crippen LogP) is 9.39. The number of carbonyl (C=O) groups excluding carboxylic acids is 1. The fourth-order valence-corrected chi connectivity index (χ4v) is 4.41. The van der Waals surface area contributed by atoms with Gasteiger partial charge in [0.05, 0.1) is 6.42 Å². The molecular weight excluding hydrogens is 412 g/mol. The summed E-state index contributed by atoms with van der Waals surface area (Å²) in [6.45, 7) is 4.13. The molecule has 1 atom stereocenters. The number of carbonyl (C=O) groups is 2. The second kappa shape index (κ2) is 25.6. The van der Waals surface area contributed by atoms with Crippen molar-refractivity contribution in [2.45, 2.75) is 174 Å². The highest BCUT2D eigenvalue weighted by molar-refractivity contribution is 5.71. The smallest absolute Gasteiger partial charge is 0.307 e. The minimum Gasteiger partial charge on any atom is -0.481 e. The Morgan fingerprint density at radius 1 is 0.576 bits per heavy atom. The van der Waals surface area contributed by atoms with Gasteiger partial charge >= 0.3 is 11.9 Å². The summed E-state index contributed by atoms with van der Waals surface area (Å²) < 4.78 is 5.23. The van der Waals surface area contributed by atoms with Gasteiger partial charge in [0.1, 0.15) is 6.10 Å². The number of esters is 1. The normalized spacial score (nSPS) is 12.1. The molecule has 33 heavy (non-hydrogen) atoms. The zero-order valence-corrected chi connectivity index (χ0v) is 22.2. The van der Waals surface area contributed by atoms with E-state index < -0.39 is 12.1 Å². The standard InChI is InChI=1S/C29H56O4/c1-3-5-6-7-8-9-10-11-12-13-14-15-16-17-18-19-20-21-22-23-24-25-29(32)33-27(4-2)26-28(30)31/h27H,3-26H2,1-2H3,(H,30,31). The maximum atomic E-state index is 11.8. The lowest BCUT2D eigenvalue weighted by Crippen LogP contribution is -2.20. The van der Waals surface area contributed by atoms with Gasteiger partial charge < -0.3 is 9.84 Å². The van der Waals surface area contributed by atoms with Gasteiger partial charge in [-0.2, -0.15) is 0 Å². The van der Waals surface area contributed by atoms with Crippen LogP contribution < -0.4 is 0 Å². The Bertz CT molecular complexity index is 435. The third-order valence-corrected chi connectivity index (χ3v) is 6.64. The van der Waals surface area contributed by atoms with Gasteiger partial charge in [0.2, 0.25) is 0 Å². The summed E-state index contributed by atoms with van der Waals surface area (Å²) in [7, 11) is 0. The van der Waals surface area contributed by atoms with E-state index in [1.165, 1.54) is 122 Å². The lowest BCUT2D eigenvalue weighted by molar-refractivity contribution is -0.153. The second-order valence-electron chi connectivity index (χ2n) is 9.94. The fraction of sp³-hybridized carbons (Fsp3) is 0.931. The lowest BCUT2D eigenvalue weighted by atomic mass is 10.0. The fourth-order valence-electron chi connectivity index (χ4n) is 4.41. The van der Waals surface area contributed by atoms with E-state index in [-0.39, 0.29) is 12.4 Å². The Kier molecular flexibility index (Phi) is 24.7. The molecule has 0 rings (SSSR count). The topological polar surface area (TPSA) is 63.6 Å². The van der Waals surface area contributed by atoms with Gasteiger partial charge in [0.15, 0.2) is 0 Å². The van der Waals surface area contributed by atoms with Crippen LogP contribution in [0.2, 0.25) is 0 Å². The van der Waals surface area contributed by atoms with E-state index in [1.807, 2.05) is 6.92 Å². The highest BCUT2D eigenvalue weighted by atomic mass is 16.5. The van der Waals surface area contributed by atoms with Gasteiger partial charge in [-0.3, -0.25) is 9.59 Å². The Morgan fingerprint density at radius 2 is 0.909 bits per heavy atom. The molecule has 0 aromatic heterocycles. The van der Waals surface area contributed by atoms with Crippen molar-refractivity contribution in [3.63, 3.8) is 0 Å². The van der Waals surface area contributed by atoms with Crippen LogP contribution in [0.5, 0.6) is 0 Å². The molecule has 0 saturated heterocycles. The van der Waals surface area contributed by atoms with Crippen LogP contribution in [0.25, 0.3) is 0 Å². The van der Waals surface area contributed by atoms with Crippen LogP contribution in [-0.4, -0.2) is 23.1 Å². The molecule has 0 aliphatic carbocycles. The SMILES string of the molecule is CCCCCCCCCCCCCCCCCCCCCCCC(=O)OC(CC)CC(=O)O. The summed E-state index contributed by atoms with van der Waals surface area (Å²) in [6, 6.07) is 0. The first-order chi connectivity index (χ1) is 16.1. The quantitative estimate of drug-likeness (QED) is 0.101. The molecule has 1 unspecified atom stereocenters. The zero-order chi connectivity index (χ0) is 24.4. The molecule has 0 amide bonds. The number of carboxylic acid groups (broad SMARTS) is 1. The molecule has 0 aromatic rings. The van der Waals surface area contributed by atoms with E-state index in [4.69, 9.17) is 9.84 Å². The van der Waals surface area contributed by atoms with Crippen molar-refractivity contribution in [1.29, 1.82) is 0 Å². The van der Waals surface area contributed by atoms with Crippen LogP contribution in [0.4, 0.5) is 0 Å². The van der Waals surface area contributed by atoms with Crippen molar-refractivity contribution >= 4 is 11.9 Å².